The van der Waals surface area contributed by atoms with Gasteiger partial charge in [0, 0.05) is 31.8 Å². The van der Waals surface area contributed by atoms with Crippen LogP contribution in [0.2, 0.25) is 0 Å². The molecule has 104 valence electrons. The third kappa shape index (κ3) is 3.96. The quantitative estimate of drug-likeness (QED) is 0.807. The van der Waals surface area contributed by atoms with E-state index in [1.54, 1.807) is 0 Å². The highest BCUT2D eigenvalue weighted by molar-refractivity contribution is 5.76. The molecule has 1 aromatic rings. The molecule has 1 heterocycles. The Morgan fingerprint density at radius 1 is 1.47 bits per heavy atom. The molecule has 0 aliphatic carbocycles. The second kappa shape index (κ2) is 6.57. The molecule has 0 bridgehead atoms. The first-order valence-corrected chi connectivity index (χ1v) is 6.92. The number of piperidine rings is 1. The topological polar surface area (TPSA) is 66.6 Å². The molecule has 4 heteroatoms. The van der Waals surface area contributed by atoms with Gasteiger partial charge in [-0.2, -0.15) is 0 Å². The third-order valence-corrected chi connectivity index (χ3v) is 3.71. The van der Waals surface area contributed by atoms with Crippen LogP contribution in [-0.2, 0) is 11.2 Å². The van der Waals surface area contributed by atoms with Crippen molar-refractivity contribution in [2.75, 3.05) is 25.4 Å². The molecule has 1 aliphatic rings. The number of amides is 1. The first-order valence-electron chi connectivity index (χ1n) is 6.92. The molecule has 1 saturated heterocycles. The largest absolute Gasteiger partial charge is 0.399 e. The van der Waals surface area contributed by atoms with Crippen LogP contribution in [-0.4, -0.2) is 35.6 Å². The summed E-state index contributed by atoms with van der Waals surface area (Å²) in [6.07, 6.45) is 3.26. The van der Waals surface area contributed by atoms with Crippen molar-refractivity contribution in [1.82, 2.24) is 4.90 Å². The molecule has 2 rings (SSSR count). The van der Waals surface area contributed by atoms with Gasteiger partial charge in [-0.1, -0.05) is 12.1 Å². The Hall–Kier alpha value is -1.55. The lowest BCUT2D eigenvalue weighted by Gasteiger charge is -2.32. The van der Waals surface area contributed by atoms with E-state index in [4.69, 9.17) is 5.73 Å². The number of hydrogen-bond acceptors (Lipinski definition) is 3. The molecule has 1 fully saturated rings. The van der Waals surface area contributed by atoms with Gasteiger partial charge in [-0.25, -0.2) is 0 Å². The molecule has 0 spiro atoms. The van der Waals surface area contributed by atoms with Crippen molar-refractivity contribution in [1.29, 1.82) is 0 Å². The smallest absolute Gasteiger partial charge is 0.222 e. The third-order valence-electron chi connectivity index (χ3n) is 3.71. The summed E-state index contributed by atoms with van der Waals surface area (Å²) < 4.78 is 0. The zero-order chi connectivity index (χ0) is 13.7. The van der Waals surface area contributed by atoms with E-state index in [2.05, 4.69) is 0 Å². The van der Waals surface area contributed by atoms with Crippen LogP contribution in [0.15, 0.2) is 24.3 Å². The number of aliphatic hydroxyl groups is 1. The molecule has 1 unspecified atom stereocenters. The lowest BCUT2D eigenvalue weighted by atomic mass is 9.98. The van der Waals surface area contributed by atoms with Gasteiger partial charge in [0.2, 0.25) is 5.91 Å². The number of carbonyl (C=O) groups is 1. The van der Waals surface area contributed by atoms with E-state index in [0.29, 0.717) is 13.0 Å². The van der Waals surface area contributed by atoms with Crippen LogP contribution in [0, 0.1) is 5.92 Å². The number of anilines is 1. The number of aliphatic hydroxyl groups excluding tert-OH is 1. The van der Waals surface area contributed by atoms with E-state index in [9.17, 15) is 9.90 Å². The predicted molar refractivity (Wildman–Crippen MR) is 75.6 cm³/mol. The number of carbonyl (C=O) groups excluding carboxylic acids is 1. The SMILES string of the molecule is Nc1cccc(CCC(=O)N2CCCC(CO)C2)c1. The molecular weight excluding hydrogens is 240 g/mol. The maximum absolute atomic E-state index is 12.1. The molecule has 1 aliphatic heterocycles. The molecule has 19 heavy (non-hydrogen) atoms. The molecule has 0 saturated carbocycles. The Morgan fingerprint density at radius 3 is 3.05 bits per heavy atom. The van der Waals surface area contributed by atoms with Gasteiger partial charge < -0.3 is 15.7 Å². The second-order valence-corrected chi connectivity index (χ2v) is 5.28. The summed E-state index contributed by atoms with van der Waals surface area (Å²) >= 11 is 0. The minimum atomic E-state index is 0.180. The summed E-state index contributed by atoms with van der Waals surface area (Å²) in [6, 6.07) is 7.68. The van der Waals surface area contributed by atoms with E-state index < -0.39 is 0 Å². The Labute approximate surface area is 114 Å². The summed E-state index contributed by atoms with van der Waals surface area (Å²) in [5.41, 5.74) is 7.56. The normalized spacial score (nSPS) is 19.4. The van der Waals surface area contributed by atoms with Gasteiger partial charge in [0.15, 0.2) is 0 Å². The number of aryl methyl sites for hydroxylation is 1. The number of likely N-dealkylation sites (tertiary alicyclic amines) is 1. The number of nitrogens with two attached hydrogens (primary N) is 1. The number of nitrogens with zero attached hydrogens (tertiary/aromatic N) is 1. The van der Waals surface area contributed by atoms with Crippen LogP contribution in [0.5, 0.6) is 0 Å². The van der Waals surface area contributed by atoms with Crippen molar-refractivity contribution >= 4 is 11.6 Å². The highest BCUT2D eigenvalue weighted by Gasteiger charge is 2.22. The summed E-state index contributed by atoms with van der Waals surface area (Å²) in [5, 5.41) is 9.18. The van der Waals surface area contributed by atoms with Gasteiger partial charge in [0.25, 0.3) is 0 Å². The van der Waals surface area contributed by atoms with E-state index in [0.717, 1.165) is 37.1 Å². The summed E-state index contributed by atoms with van der Waals surface area (Å²) in [4.78, 5) is 14.0. The Kier molecular flexibility index (Phi) is 4.80. The van der Waals surface area contributed by atoms with Gasteiger partial charge in [-0.15, -0.1) is 0 Å². The average molecular weight is 262 g/mol. The van der Waals surface area contributed by atoms with Crippen molar-refractivity contribution in [2.45, 2.75) is 25.7 Å². The van der Waals surface area contributed by atoms with E-state index in [1.807, 2.05) is 29.2 Å². The van der Waals surface area contributed by atoms with Crippen LogP contribution in [0.1, 0.15) is 24.8 Å². The molecule has 0 aromatic heterocycles. The molecule has 1 aromatic carbocycles. The van der Waals surface area contributed by atoms with E-state index in [1.165, 1.54) is 0 Å². The van der Waals surface area contributed by atoms with Crippen molar-refractivity contribution in [3.63, 3.8) is 0 Å². The second-order valence-electron chi connectivity index (χ2n) is 5.28. The van der Waals surface area contributed by atoms with E-state index >= 15 is 0 Å². The Bertz CT molecular complexity index is 434. The zero-order valence-corrected chi connectivity index (χ0v) is 11.2. The number of rotatable bonds is 4. The lowest BCUT2D eigenvalue weighted by Crippen LogP contribution is -2.41. The lowest BCUT2D eigenvalue weighted by molar-refractivity contribution is -0.133. The Balaban J connectivity index is 1.84. The molecular formula is C15H22N2O2. The van der Waals surface area contributed by atoms with Crippen LogP contribution >= 0.6 is 0 Å². The highest BCUT2D eigenvalue weighted by Crippen LogP contribution is 2.17. The van der Waals surface area contributed by atoms with E-state index in [-0.39, 0.29) is 18.4 Å². The van der Waals surface area contributed by atoms with Crippen molar-refractivity contribution < 1.29 is 9.90 Å². The fourth-order valence-electron chi connectivity index (χ4n) is 2.60. The van der Waals surface area contributed by atoms with Crippen LogP contribution < -0.4 is 5.73 Å². The average Bonchev–Trinajstić information content (AvgIpc) is 2.45. The molecule has 1 atom stereocenters. The highest BCUT2D eigenvalue weighted by atomic mass is 16.3. The number of nitrogen functional groups attached to an aromatic ring is 1. The van der Waals surface area contributed by atoms with Crippen molar-refractivity contribution in [3.8, 4) is 0 Å². The van der Waals surface area contributed by atoms with Crippen LogP contribution in [0.25, 0.3) is 0 Å². The minimum Gasteiger partial charge on any atom is -0.399 e. The molecule has 4 nitrogen and oxygen atoms in total. The maximum Gasteiger partial charge on any atom is 0.222 e. The first kappa shape index (κ1) is 13.9. The number of benzene rings is 1. The monoisotopic (exact) mass is 262 g/mol. The predicted octanol–water partition coefficient (Wildman–Crippen LogP) is 1.43. The standard InChI is InChI=1S/C15H22N2O2/c16-14-5-1-3-12(9-14)6-7-15(19)17-8-2-4-13(10-17)11-18/h1,3,5,9,13,18H,2,4,6-8,10-11,16H2. The summed E-state index contributed by atoms with van der Waals surface area (Å²) in [6.45, 7) is 1.71. The van der Waals surface area contributed by atoms with Crippen molar-refractivity contribution in [2.24, 2.45) is 5.92 Å². The minimum absolute atomic E-state index is 0.180. The Morgan fingerprint density at radius 2 is 2.32 bits per heavy atom. The molecule has 3 N–H and O–H groups in total. The fraction of sp³-hybridized carbons (Fsp3) is 0.533. The van der Waals surface area contributed by atoms with Gasteiger partial charge in [-0.3, -0.25) is 4.79 Å². The summed E-state index contributed by atoms with van der Waals surface area (Å²) in [7, 11) is 0. The number of hydrogen-bond donors (Lipinski definition) is 2. The summed E-state index contributed by atoms with van der Waals surface area (Å²) in [5.74, 6) is 0.436. The van der Waals surface area contributed by atoms with Gasteiger partial charge in [0.1, 0.15) is 0 Å². The van der Waals surface area contributed by atoms with Crippen molar-refractivity contribution in [3.05, 3.63) is 29.8 Å². The van der Waals surface area contributed by atoms with Crippen LogP contribution in [0.3, 0.4) is 0 Å². The maximum atomic E-state index is 12.1. The molecule has 0 radical (unpaired) electrons. The van der Waals surface area contributed by atoms with Gasteiger partial charge >= 0.3 is 0 Å². The fourth-order valence-corrected chi connectivity index (χ4v) is 2.60. The van der Waals surface area contributed by atoms with Gasteiger partial charge in [0.05, 0.1) is 0 Å². The molecule has 1 amide bonds. The van der Waals surface area contributed by atoms with Gasteiger partial charge in [-0.05, 0) is 42.9 Å². The zero-order valence-electron chi connectivity index (χ0n) is 11.2. The first-order chi connectivity index (χ1) is 9.19. The van der Waals surface area contributed by atoms with Crippen LogP contribution in [0.4, 0.5) is 5.69 Å².